The third kappa shape index (κ3) is 4.76. The molecule has 0 bridgehead atoms. The highest BCUT2D eigenvalue weighted by molar-refractivity contribution is 5.69. The highest BCUT2D eigenvalue weighted by Gasteiger charge is 2.26. The van der Waals surface area contributed by atoms with E-state index >= 15 is 0 Å². The first-order valence-electron chi connectivity index (χ1n) is 7.86. The molecule has 1 fully saturated rings. The molecule has 0 spiro atoms. The Morgan fingerprint density at radius 1 is 1.17 bits per heavy atom. The Hall–Kier alpha value is -1.95. The summed E-state index contributed by atoms with van der Waals surface area (Å²) in [5.41, 5.74) is 7.24. The van der Waals surface area contributed by atoms with Crippen molar-refractivity contribution in [2.45, 2.75) is 25.3 Å². The number of nitrogens with two attached hydrogens (primary N) is 1. The number of rotatable bonds is 6. The van der Waals surface area contributed by atoms with Crippen LogP contribution in [0.25, 0.3) is 0 Å². The number of hydrogen-bond donors (Lipinski definition) is 1. The number of carbonyl (C=O) groups excluding carboxylic acids is 1. The first kappa shape index (κ1) is 17.4. The Morgan fingerprint density at radius 2 is 1.83 bits per heavy atom. The van der Waals surface area contributed by atoms with Crippen LogP contribution in [-0.4, -0.2) is 46.4 Å². The van der Waals surface area contributed by atoms with Crippen LogP contribution in [0.2, 0.25) is 0 Å². The minimum atomic E-state index is -0.168. The molecular weight excluding hydrogens is 296 g/mol. The van der Waals surface area contributed by atoms with E-state index in [0.29, 0.717) is 12.3 Å². The van der Waals surface area contributed by atoms with E-state index in [2.05, 4.69) is 4.90 Å². The highest BCUT2D eigenvalue weighted by Crippen LogP contribution is 2.31. The lowest BCUT2D eigenvalue weighted by Crippen LogP contribution is -2.47. The summed E-state index contributed by atoms with van der Waals surface area (Å²) in [5.74, 6) is 1.71. The number of hydrogen-bond acceptors (Lipinski definition) is 6. The topological polar surface area (TPSA) is 74.0 Å². The maximum atomic E-state index is 11.4. The molecule has 1 aliphatic rings. The number of benzene rings is 1. The largest absolute Gasteiger partial charge is 0.497 e. The Balaban J connectivity index is 2.10. The van der Waals surface area contributed by atoms with Crippen molar-refractivity contribution in [1.29, 1.82) is 0 Å². The Morgan fingerprint density at radius 3 is 2.39 bits per heavy atom. The highest BCUT2D eigenvalue weighted by atomic mass is 16.5. The van der Waals surface area contributed by atoms with Gasteiger partial charge in [-0.3, -0.25) is 4.79 Å². The molecule has 0 aliphatic carbocycles. The minimum absolute atomic E-state index is 0.0867. The van der Waals surface area contributed by atoms with Crippen molar-refractivity contribution < 1.29 is 19.0 Å². The molecule has 128 valence electrons. The lowest BCUT2D eigenvalue weighted by Gasteiger charge is -2.38. The molecule has 0 aromatic heterocycles. The molecule has 6 nitrogen and oxygen atoms in total. The van der Waals surface area contributed by atoms with E-state index in [9.17, 15) is 4.79 Å². The lowest BCUT2D eigenvalue weighted by molar-refractivity contribution is -0.141. The standard InChI is InChI=1S/C17H26N2O4/c1-21-15-7-14(8-16(9-15)22-2)19-10-12(6-13(18)11-19)4-5-17(20)23-3/h7-9,12-13H,4-6,10-11,18H2,1-3H3. The fourth-order valence-electron chi connectivity index (χ4n) is 3.07. The van der Waals surface area contributed by atoms with Crippen LogP contribution in [0.4, 0.5) is 5.69 Å². The lowest BCUT2D eigenvalue weighted by atomic mass is 9.90. The van der Waals surface area contributed by atoms with E-state index in [-0.39, 0.29) is 12.0 Å². The number of piperidine rings is 1. The molecule has 1 aliphatic heterocycles. The third-order valence-electron chi connectivity index (χ3n) is 4.26. The van der Waals surface area contributed by atoms with Crippen molar-refractivity contribution in [2.75, 3.05) is 39.3 Å². The smallest absolute Gasteiger partial charge is 0.305 e. The summed E-state index contributed by atoms with van der Waals surface area (Å²) in [6, 6.07) is 5.90. The number of carbonyl (C=O) groups is 1. The normalized spacial score (nSPS) is 21.0. The second kappa shape index (κ2) is 8.06. The van der Waals surface area contributed by atoms with Crippen LogP contribution in [0.5, 0.6) is 11.5 Å². The molecule has 0 amide bonds. The third-order valence-corrected chi connectivity index (χ3v) is 4.26. The Bertz CT molecular complexity index is 513. The van der Waals surface area contributed by atoms with Gasteiger partial charge in [-0.05, 0) is 18.8 Å². The molecule has 2 unspecified atom stereocenters. The first-order chi connectivity index (χ1) is 11.0. The molecule has 2 N–H and O–H groups in total. The average Bonchev–Trinajstić information content (AvgIpc) is 2.58. The zero-order valence-corrected chi connectivity index (χ0v) is 14.1. The number of esters is 1. The first-order valence-corrected chi connectivity index (χ1v) is 7.86. The van der Waals surface area contributed by atoms with E-state index < -0.39 is 0 Å². The summed E-state index contributed by atoms with van der Waals surface area (Å²) in [6.45, 7) is 1.64. The summed E-state index contributed by atoms with van der Waals surface area (Å²) in [6.07, 6.45) is 2.15. The molecule has 1 aromatic carbocycles. The fraction of sp³-hybridized carbons (Fsp3) is 0.588. The quantitative estimate of drug-likeness (QED) is 0.805. The maximum Gasteiger partial charge on any atom is 0.305 e. The van der Waals surface area contributed by atoms with Crippen molar-refractivity contribution >= 4 is 11.7 Å². The molecule has 0 saturated carbocycles. The average molecular weight is 322 g/mol. The van der Waals surface area contributed by atoms with Gasteiger partial charge in [-0.25, -0.2) is 0 Å². The summed E-state index contributed by atoms with van der Waals surface area (Å²) in [5, 5.41) is 0. The number of anilines is 1. The van der Waals surface area contributed by atoms with Gasteiger partial charge >= 0.3 is 5.97 Å². The molecular formula is C17H26N2O4. The van der Waals surface area contributed by atoms with Crippen LogP contribution in [-0.2, 0) is 9.53 Å². The van der Waals surface area contributed by atoms with Gasteiger partial charge in [0.2, 0.25) is 0 Å². The van der Waals surface area contributed by atoms with Crippen LogP contribution in [0.3, 0.4) is 0 Å². The molecule has 2 atom stereocenters. The zero-order chi connectivity index (χ0) is 16.8. The van der Waals surface area contributed by atoms with Crippen molar-refractivity contribution in [3.8, 4) is 11.5 Å². The summed E-state index contributed by atoms with van der Waals surface area (Å²) >= 11 is 0. The van der Waals surface area contributed by atoms with E-state index in [1.165, 1.54) is 7.11 Å². The number of ether oxygens (including phenoxy) is 3. The maximum absolute atomic E-state index is 11.4. The number of methoxy groups -OCH3 is 3. The van der Waals surface area contributed by atoms with Crippen LogP contribution in [0, 0.1) is 5.92 Å². The van der Waals surface area contributed by atoms with Gasteiger partial charge in [-0.15, -0.1) is 0 Å². The molecule has 1 aromatic rings. The molecule has 1 heterocycles. The van der Waals surface area contributed by atoms with Gasteiger partial charge in [-0.2, -0.15) is 0 Å². The second-order valence-electron chi connectivity index (χ2n) is 5.95. The van der Waals surface area contributed by atoms with Gasteiger partial charge in [-0.1, -0.05) is 0 Å². The van der Waals surface area contributed by atoms with Crippen molar-refractivity contribution in [3.63, 3.8) is 0 Å². The van der Waals surface area contributed by atoms with Crippen molar-refractivity contribution in [2.24, 2.45) is 11.7 Å². The van der Waals surface area contributed by atoms with E-state index in [1.54, 1.807) is 14.2 Å². The van der Waals surface area contributed by atoms with Crippen LogP contribution in [0.15, 0.2) is 18.2 Å². The zero-order valence-electron chi connectivity index (χ0n) is 14.1. The molecule has 23 heavy (non-hydrogen) atoms. The summed E-state index contributed by atoms with van der Waals surface area (Å²) in [7, 11) is 4.70. The van der Waals surface area contributed by atoms with Gasteiger partial charge in [0.05, 0.1) is 21.3 Å². The summed E-state index contributed by atoms with van der Waals surface area (Å²) < 4.78 is 15.4. The van der Waals surface area contributed by atoms with E-state index in [0.717, 1.165) is 43.1 Å². The van der Waals surface area contributed by atoms with Crippen LogP contribution < -0.4 is 20.1 Å². The molecule has 6 heteroatoms. The predicted molar refractivity (Wildman–Crippen MR) is 89.1 cm³/mol. The Kier molecular flexibility index (Phi) is 6.10. The van der Waals surface area contributed by atoms with Gasteiger partial charge < -0.3 is 24.8 Å². The minimum Gasteiger partial charge on any atom is -0.497 e. The predicted octanol–water partition coefficient (Wildman–Crippen LogP) is 1.81. The summed E-state index contributed by atoms with van der Waals surface area (Å²) in [4.78, 5) is 13.6. The molecule has 0 radical (unpaired) electrons. The fourth-order valence-corrected chi connectivity index (χ4v) is 3.07. The molecule has 2 rings (SSSR count). The monoisotopic (exact) mass is 322 g/mol. The SMILES string of the molecule is COC(=O)CCC1CC(N)CN(c2cc(OC)cc(OC)c2)C1. The van der Waals surface area contributed by atoms with E-state index in [4.69, 9.17) is 19.9 Å². The molecule has 1 saturated heterocycles. The Labute approximate surface area is 137 Å². The van der Waals surface area contributed by atoms with Crippen LogP contribution in [0.1, 0.15) is 19.3 Å². The van der Waals surface area contributed by atoms with Gasteiger partial charge in [0.1, 0.15) is 11.5 Å². The van der Waals surface area contributed by atoms with Gasteiger partial charge in [0, 0.05) is 49.4 Å². The van der Waals surface area contributed by atoms with Gasteiger partial charge in [0.25, 0.3) is 0 Å². The van der Waals surface area contributed by atoms with Gasteiger partial charge in [0.15, 0.2) is 0 Å². The van der Waals surface area contributed by atoms with Crippen molar-refractivity contribution in [3.05, 3.63) is 18.2 Å². The number of nitrogens with zero attached hydrogens (tertiary/aromatic N) is 1. The van der Waals surface area contributed by atoms with Crippen LogP contribution >= 0.6 is 0 Å². The van der Waals surface area contributed by atoms with Crippen molar-refractivity contribution in [1.82, 2.24) is 0 Å². The second-order valence-corrected chi connectivity index (χ2v) is 5.95. The van der Waals surface area contributed by atoms with E-state index in [1.807, 2.05) is 18.2 Å².